The monoisotopic (exact) mass is 558 g/mol. The van der Waals surface area contributed by atoms with Crippen LogP contribution in [0.4, 0.5) is 4.39 Å². The molecule has 41 heavy (non-hydrogen) atoms. The van der Waals surface area contributed by atoms with Crippen molar-refractivity contribution in [1.82, 2.24) is 14.7 Å². The Kier molecular flexibility index (Phi) is 8.86. The molecule has 2 aromatic rings. The number of nitrogens with zero attached hydrogens (tertiary/aromatic N) is 6. The summed E-state index contributed by atoms with van der Waals surface area (Å²) < 4.78 is 20.3. The molecule has 9 nitrogen and oxygen atoms in total. The summed E-state index contributed by atoms with van der Waals surface area (Å²) in [6.07, 6.45) is 2.51. The van der Waals surface area contributed by atoms with Crippen LogP contribution in [0.25, 0.3) is 0 Å². The van der Waals surface area contributed by atoms with Crippen molar-refractivity contribution in [3.05, 3.63) is 76.6 Å². The van der Waals surface area contributed by atoms with Crippen LogP contribution in [0.15, 0.2) is 64.0 Å². The maximum atomic E-state index is 14.1. The molecule has 2 fully saturated rings. The van der Waals surface area contributed by atoms with Gasteiger partial charge in [-0.15, -0.1) is 0 Å². The van der Waals surface area contributed by atoms with Gasteiger partial charge in [0.15, 0.2) is 5.82 Å². The molecule has 0 radical (unpaired) electrons. The second kappa shape index (κ2) is 12.3. The summed E-state index contributed by atoms with van der Waals surface area (Å²) in [6, 6.07) is 13.0. The van der Waals surface area contributed by atoms with E-state index in [9.17, 15) is 14.0 Å². The summed E-state index contributed by atoms with van der Waals surface area (Å²) in [5.74, 6) is 0.388. The summed E-state index contributed by atoms with van der Waals surface area (Å²) in [6.45, 7) is 11.7. The van der Waals surface area contributed by atoms with Gasteiger partial charge in [0.1, 0.15) is 23.7 Å². The molecule has 10 heteroatoms. The third-order valence-electron chi connectivity index (χ3n) is 7.69. The first-order valence-corrected chi connectivity index (χ1v) is 13.5. The lowest BCUT2D eigenvalue weighted by atomic mass is 9.79. The van der Waals surface area contributed by atoms with E-state index in [0.717, 1.165) is 12.0 Å². The zero-order chi connectivity index (χ0) is 29.7. The first kappa shape index (κ1) is 29.5. The molecule has 1 spiro atoms. The lowest BCUT2D eigenvalue weighted by molar-refractivity contribution is -0.141. The van der Waals surface area contributed by atoms with E-state index < -0.39 is 5.82 Å². The Morgan fingerprint density at radius 3 is 2.51 bits per heavy atom. The number of carbonyl (C=O) groups is 2. The van der Waals surface area contributed by atoms with Gasteiger partial charge < -0.3 is 19.4 Å². The van der Waals surface area contributed by atoms with E-state index in [1.807, 2.05) is 30.9 Å². The number of allylic oxidation sites excluding steroid dienone is 1. The minimum Gasteiger partial charge on any atom is -0.457 e. The quantitative estimate of drug-likeness (QED) is 0.260. The van der Waals surface area contributed by atoms with E-state index in [1.54, 1.807) is 26.1 Å². The molecule has 214 valence electrons. The highest BCUT2D eigenvalue weighted by atomic mass is 19.1. The van der Waals surface area contributed by atoms with Crippen LogP contribution >= 0.6 is 0 Å². The number of ether oxygens (including phenoxy) is 1. The summed E-state index contributed by atoms with van der Waals surface area (Å²) >= 11 is 0. The third kappa shape index (κ3) is 6.62. The summed E-state index contributed by atoms with van der Waals surface area (Å²) in [5, 5.41) is 8.98. The molecule has 0 aromatic heterocycles. The van der Waals surface area contributed by atoms with Gasteiger partial charge in [0, 0.05) is 44.7 Å². The fourth-order valence-corrected chi connectivity index (χ4v) is 5.18. The lowest BCUT2D eigenvalue weighted by Gasteiger charge is -2.48. The number of nitriles is 1. The first-order valence-electron chi connectivity index (χ1n) is 13.5. The summed E-state index contributed by atoms with van der Waals surface area (Å²) in [4.78, 5) is 39.6. The second-order valence-electron chi connectivity index (χ2n) is 11.0. The Morgan fingerprint density at radius 2 is 1.88 bits per heavy atom. The van der Waals surface area contributed by atoms with Crippen LogP contribution in [-0.2, 0) is 11.2 Å². The van der Waals surface area contributed by atoms with E-state index in [-0.39, 0.29) is 34.6 Å². The molecule has 0 bridgehead atoms. The van der Waals surface area contributed by atoms with Crippen molar-refractivity contribution in [1.29, 1.82) is 5.26 Å². The Bertz CT molecular complexity index is 1420. The van der Waals surface area contributed by atoms with Crippen LogP contribution < -0.4 is 4.74 Å². The highest BCUT2D eigenvalue weighted by molar-refractivity contribution is 5.97. The number of carbonyl (C=O) groups excluding carboxylic acids is 2. The average molecular weight is 559 g/mol. The summed E-state index contributed by atoms with van der Waals surface area (Å²) in [7, 11) is 1.66. The van der Waals surface area contributed by atoms with Gasteiger partial charge in [-0.1, -0.05) is 12.1 Å². The average Bonchev–Trinajstić information content (AvgIpc) is 3.38. The van der Waals surface area contributed by atoms with Gasteiger partial charge in [0.25, 0.3) is 5.91 Å². The molecule has 2 amide bonds. The molecule has 2 aromatic carbocycles. The largest absolute Gasteiger partial charge is 0.457 e. The molecule has 2 heterocycles. The molecular weight excluding hydrogens is 523 g/mol. The molecule has 0 saturated carbocycles. The Hall–Kier alpha value is -4.52. The number of likely N-dealkylation sites (tertiary alicyclic amines) is 2. The molecule has 2 aliphatic heterocycles. The summed E-state index contributed by atoms with van der Waals surface area (Å²) in [5.41, 5.74) is 1.52. The maximum Gasteiger partial charge on any atom is 0.257 e. The van der Waals surface area contributed by atoms with Crippen molar-refractivity contribution in [3.8, 4) is 11.8 Å². The van der Waals surface area contributed by atoms with Gasteiger partial charge in [-0.05, 0) is 69.8 Å². The molecule has 0 unspecified atom stereocenters. The van der Waals surface area contributed by atoms with Gasteiger partial charge in [-0.3, -0.25) is 14.6 Å². The van der Waals surface area contributed by atoms with E-state index >= 15 is 0 Å². The topological polar surface area (TPSA) is 102 Å². The highest BCUT2D eigenvalue weighted by Crippen LogP contribution is 2.41. The van der Waals surface area contributed by atoms with E-state index in [4.69, 9.17) is 10.00 Å². The number of halogens is 1. The number of rotatable bonds is 9. The number of benzene rings is 2. The van der Waals surface area contributed by atoms with Gasteiger partial charge in [0.2, 0.25) is 5.91 Å². The third-order valence-corrected chi connectivity index (χ3v) is 7.69. The van der Waals surface area contributed by atoms with Gasteiger partial charge in [0.05, 0.1) is 23.6 Å². The number of hydrogen-bond donors (Lipinski definition) is 0. The SMILES string of the molecule is C=NC=N/C(=C(\C)Oc1ccc(F)cc1C(=O)N(C)C(C)C)N1CCC2(CN(C(=O)Cc3ccc(C#N)cc3)C2)C1. The fourth-order valence-electron chi connectivity index (χ4n) is 5.18. The normalized spacial score (nSPS) is 16.4. The zero-order valence-electron chi connectivity index (χ0n) is 23.9. The van der Waals surface area contributed by atoms with Gasteiger partial charge in [-0.2, -0.15) is 5.26 Å². The van der Waals surface area contributed by atoms with Crippen LogP contribution in [0.2, 0.25) is 0 Å². The Labute approximate surface area is 240 Å². The smallest absolute Gasteiger partial charge is 0.257 e. The van der Waals surface area contributed by atoms with Crippen molar-refractivity contribution in [2.24, 2.45) is 15.4 Å². The van der Waals surface area contributed by atoms with Crippen LogP contribution in [0.5, 0.6) is 5.75 Å². The highest BCUT2D eigenvalue weighted by Gasteiger charge is 2.49. The van der Waals surface area contributed by atoms with Crippen molar-refractivity contribution in [2.45, 2.75) is 39.7 Å². The first-order chi connectivity index (χ1) is 19.6. The Balaban J connectivity index is 1.47. The minimum atomic E-state index is -0.529. The Morgan fingerprint density at radius 1 is 1.20 bits per heavy atom. The fraction of sp³-hybridized carbons (Fsp3) is 0.387. The van der Waals surface area contributed by atoms with Gasteiger partial charge in [-0.25, -0.2) is 9.38 Å². The van der Waals surface area contributed by atoms with Crippen LogP contribution in [0.1, 0.15) is 48.7 Å². The van der Waals surface area contributed by atoms with E-state index in [1.165, 1.54) is 29.4 Å². The van der Waals surface area contributed by atoms with Crippen molar-refractivity contribution < 1.29 is 18.7 Å². The van der Waals surface area contributed by atoms with Crippen molar-refractivity contribution in [3.63, 3.8) is 0 Å². The van der Waals surface area contributed by atoms with Crippen molar-refractivity contribution in [2.75, 3.05) is 33.2 Å². The molecule has 2 saturated heterocycles. The van der Waals surface area contributed by atoms with Crippen molar-refractivity contribution >= 4 is 24.9 Å². The predicted octanol–water partition coefficient (Wildman–Crippen LogP) is 4.25. The minimum absolute atomic E-state index is 0.0556. The van der Waals surface area contributed by atoms with E-state index in [0.29, 0.717) is 49.7 Å². The number of amides is 2. The maximum absolute atomic E-state index is 14.1. The van der Waals surface area contributed by atoms with Crippen LogP contribution in [0.3, 0.4) is 0 Å². The lowest BCUT2D eigenvalue weighted by Crippen LogP contribution is -2.59. The molecular formula is C31H35FN6O3. The molecule has 0 atom stereocenters. The molecule has 4 rings (SSSR count). The number of hydrogen-bond acceptors (Lipinski definition) is 6. The zero-order valence-corrected chi connectivity index (χ0v) is 23.9. The standard InChI is InChI=1S/C31H35FN6O3/c1-21(2)36(5)30(40)26-15-25(32)10-11-27(26)41-22(3)29(35-20-34-4)37-13-12-31(17-37)18-38(19-31)28(39)14-23-6-8-24(16-33)9-7-23/h6-11,15,20-21H,4,12-14,17-19H2,1-3,5H3/b29-22-,35-20?. The molecule has 0 aliphatic carbocycles. The number of aliphatic imine (C=N–C) groups is 2. The predicted molar refractivity (Wildman–Crippen MR) is 155 cm³/mol. The van der Waals surface area contributed by atoms with E-state index in [2.05, 4.69) is 27.7 Å². The van der Waals surface area contributed by atoms with Crippen LogP contribution in [0, 0.1) is 22.6 Å². The van der Waals surface area contributed by atoms with Crippen LogP contribution in [-0.4, -0.2) is 78.8 Å². The molecule has 0 N–H and O–H groups in total. The second-order valence-corrected chi connectivity index (χ2v) is 11.0. The molecule has 2 aliphatic rings. The van der Waals surface area contributed by atoms with Gasteiger partial charge >= 0.3 is 0 Å².